The van der Waals surface area contributed by atoms with Crippen molar-refractivity contribution in [2.75, 3.05) is 13.2 Å². The summed E-state index contributed by atoms with van der Waals surface area (Å²) < 4.78 is 16.8. The fraction of sp³-hybridized carbons (Fsp3) is 0.708. The molecule has 0 unspecified atom stereocenters. The van der Waals surface area contributed by atoms with Gasteiger partial charge >= 0.3 is 17.9 Å². The fourth-order valence-corrected chi connectivity index (χ4v) is 8.02. The zero-order valence-electron chi connectivity index (χ0n) is 46.5. The van der Waals surface area contributed by atoms with Crippen molar-refractivity contribution in [2.45, 2.75) is 284 Å². The zero-order chi connectivity index (χ0) is 51.4. The third kappa shape index (κ3) is 57.1. The van der Waals surface area contributed by atoms with Crippen molar-refractivity contribution in [3.8, 4) is 0 Å². The highest BCUT2D eigenvalue weighted by molar-refractivity contribution is 5.71. The second-order valence-corrected chi connectivity index (χ2v) is 19.5. The molecule has 1 atom stereocenters. The summed E-state index contributed by atoms with van der Waals surface area (Å²) >= 11 is 0. The Morgan fingerprint density at radius 3 is 0.873 bits per heavy atom. The van der Waals surface area contributed by atoms with Crippen LogP contribution in [0.25, 0.3) is 0 Å². The van der Waals surface area contributed by atoms with Gasteiger partial charge in [0, 0.05) is 19.3 Å². The van der Waals surface area contributed by atoms with Gasteiger partial charge in [-0.05, 0) is 122 Å². The monoisotopic (exact) mass is 987 g/mol. The Morgan fingerprint density at radius 2 is 0.521 bits per heavy atom. The molecule has 0 aliphatic rings. The molecule has 0 saturated heterocycles. The highest BCUT2D eigenvalue weighted by Crippen LogP contribution is 2.14. The second-order valence-electron chi connectivity index (χ2n) is 19.5. The highest BCUT2D eigenvalue weighted by atomic mass is 16.6. The molecule has 0 bridgehead atoms. The molecule has 0 rings (SSSR count). The summed E-state index contributed by atoms with van der Waals surface area (Å²) in [5.74, 6) is -0.975. The van der Waals surface area contributed by atoms with Gasteiger partial charge in [-0.3, -0.25) is 14.4 Å². The lowest BCUT2D eigenvalue weighted by atomic mass is 10.1. The first kappa shape index (κ1) is 67.3. The molecule has 0 radical (unpaired) electrons. The maximum atomic E-state index is 12.8. The molecule has 0 aromatic rings. The van der Waals surface area contributed by atoms with Crippen molar-refractivity contribution in [3.63, 3.8) is 0 Å². The van der Waals surface area contributed by atoms with E-state index < -0.39 is 6.10 Å². The highest BCUT2D eigenvalue weighted by Gasteiger charge is 2.19. The Bertz CT molecular complexity index is 1410. The summed E-state index contributed by atoms with van der Waals surface area (Å²) in [7, 11) is 0. The SMILES string of the molecule is CCCCC/C=C\C/C=C\C/C=C\C/C=C\CCCC(=O)O[C@@H](COC(=O)CCCCCCCC/C=C\C/C=C\C/C=C\CCCCC)COC(=O)CCCCCCCCC/C=C\CCCCCCCC. The molecular weight excluding hydrogens is 877 g/mol. The summed E-state index contributed by atoms with van der Waals surface area (Å²) in [4.78, 5) is 38.2. The van der Waals surface area contributed by atoms with Crippen LogP contribution in [0.15, 0.2) is 97.2 Å². The van der Waals surface area contributed by atoms with E-state index in [-0.39, 0.29) is 37.5 Å². The molecule has 0 aliphatic carbocycles. The number of hydrogen-bond acceptors (Lipinski definition) is 6. The average molecular weight is 988 g/mol. The minimum absolute atomic E-state index is 0.106. The van der Waals surface area contributed by atoms with E-state index in [2.05, 4.69) is 118 Å². The number of hydrogen-bond donors (Lipinski definition) is 0. The van der Waals surface area contributed by atoms with Gasteiger partial charge in [0.25, 0.3) is 0 Å². The van der Waals surface area contributed by atoms with Gasteiger partial charge in [-0.2, -0.15) is 0 Å². The van der Waals surface area contributed by atoms with E-state index in [0.717, 1.165) is 89.9 Å². The van der Waals surface area contributed by atoms with Gasteiger partial charge in [-0.1, -0.05) is 234 Å². The number of rotatable bonds is 53. The number of ether oxygens (including phenoxy) is 3. The maximum Gasteiger partial charge on any atom is 0.306 e. The van der Waals surface area contributed by atoms with Gasteiger partial charge in [0.15, 0.2) is 6.10 Å². The first-order valence-electron chi connectivity index (χ1n) is 29.7. The lowest BCUT2D eigenvalue weighted by Crippen LogP contribution is -2.30. The molecule has 0 amide bonds. The topological polar surface area (TPSA) is 78.9 Å². The average Bonchev–Trinajstić information content (AvgIpc) is 3.37. The summed E-state index contributed by atoms with van der Waals surface area (Å²) in [5.41, 5.74) is 0. The molecule has 6 nitrogen and oxygen atoms in total. The molecule has 0 aliphatic heterocycles. The number of carbonyl (C=O) groups is 3. The molecule has 0 N–H and O–H groups in total. The molecule has 71 heavy (non-hydrogen) atoms. The lowest BCUT2D eigenvalue weighted by Gasteiger charge is -2.18. The Morgan fingerprint density at radius 1 is 0.282 bits per heavy atom. The van der Waals surface area contributed by atoms with Gasteiger partial charge in [-0.25, -0.2) is 0 Å². The Balaban J connectivity index is 4.50. The molecule has 0 aromatic carbocycles. The van der Waals surface area contributed by atoms with E-state index in [9.17, 15) is 14.4 Å². The van der Waals surface area contributed by atoms with Crippen LogP contribution in [-0.2, 0) is 28.6 Å². The molecule has 6 heteroatoms. The lowest BCUT2D eigenvalue weighted by molar-refractivity contribution is -0.167. The molecule has 0 fully saturated rings. The molecular formula is C65H110O6. The van der Waals surface area contributed by atoms with E-state index in [4.69, 9.17) is 14.2 Å². The normalized spacial score (nSPS) is 12.8. The van der Waals surface area contributed by atoms with Crippen molar-refractivity contribution >= 4 is 17.9 Å². The Hall–Kier alpha value is -3.67. The number of allylic oxidation sites excluding steroid dienone is 16. The predicted octanol–water partition coefficient (Wildman–Crippen LogP) is 20.1. The van der Waals surface area contributed by atoms with Crippen molar-refractivity contribution in [2.24, 2.45) is 0 Å². The van der Waals surface area contributed by atoms with Gasteiger partial charge in [0.2, 0.25) is 0 Å². The summed E-state index contributed by atoms with van der Waals surface area (Å²) in [6.45, 7) is 6.53. The smallest absolute Gasteiger partial charge is 0.306 e. The first-order chi connectivity index (χ1) is 35.0. The number of esters is 3. The van der Waals surface area contributed by atoms with E-state index in [0.29, 0.717) is 19.3 Å². The summed E-state index contributed by atoms with van der Waals surface area (Å²) in [6.07, 6.45) is 78.3. The van der Waals surface area contributed by atoms with Gasteiger partial charge in [0.1, 0.15) is 13.2 Å². The van der Waals surface area contributed by atoms with Gasteiger partial charge in [0.05, 0.1) is 0 Å². The summed E-state index contributed by atoms with van der Waals surface area (Å²) in [6, 6.07) is 0. The quantitative estimate of drug-likeness (QED) is 0.0261. The van der Waals surface area contributed by atoms with E-state index in [1.165, 1.54) is 141 Å². The standard InChI is InChI=1S/C65H110O6/c1-4-7-10-13-16-19-22-25-28-31-32-35-37-40-43-46-49-52-55-58-64(67)70-61-62(71-65(68)59-56-53-50-47-44-41-38-34-30-27-24-21-18-15-12-9-6-3)60-69-63(66)57-54-51-48-45-42-39-36-33-29-26-23-20-17-14-11-8-5-2/h16,18-19,21,25-30,32,35,38,41,47,50,62H,4-15,17,20,22-24,31,33-34,36-37,39-40,42-46,48-49,51-61H2,1-3H3/b19-16-,21-18-,28-25-,29-26-,30-27-,35-32-,41-38-,50-47-/t62-/m1/s1. The summed E-state index contributed by atoms with van der Waals surface area (Å²) in [5, 5.41) is 0. The molecule has 0 saturated carbocycles. The molecule has 0 spiro atoms. The van der Waals surface area contributed by atoms with Crippen LogP contribution in [0.5, 0.6) is 0 Å². The Kier molecular flexibility index (Phi) is 55.9. The van der Waals surface area contributed by atoms with Crippen LogP contribution in [0.2, 0.25) is 0 Å². The van der Waals surface area contributed by atoms with Crippen molar-refractivity contribution in [3.05, 3.63) is 97.2 Å². The third-order valence-corrected chi connectivity index (χ3v) is 12.5. The van der Waals surface area contributed by atoms with Crippen molar-refractivity contribution < 1.29 is 28.6 Å². The van der Waals surface area contributed by atoms with Crippen molar-refractivity contribution in [1.29, 1.82) is 0 Å². The minimum Gasteiger partial charge on any atom is -0.462 e. The molecule has 0 aromatic heterocycles. The van der Waals surface area contributed by atoms with E-state index in [1.807, 2.05) is 0 Å². The van der Waals surface area contributed by atoms with Crippen LogP contribution in [-0.4, -0.2) is 37.2 Å². The first-order valence-corrected chi connectivity index (χ1v) is 29.7. The predicted molar refractivity (Wildman–Crippen MR) is 307 cm³/mol. The van der Waals surface area contributed by atoms with Crippen molar-refractivity contribution in [1.82, 2.24) is 0 Å². The van der Waals surface area contributed by atoms with Crippen LogP contribution >= 0.6 is 0 Å². The van der Waals surface area contributed by atoms with Crippen LogP contribution in [0.1, 0.15) is 278 Å². The largest absolute Gasteiger partial charge is 0.462 e. The second kappa shape index (κ2) is 58.9. The maximum absolute atomic E-state index is 12.8. The number of carbonyl (C=O) groups excluding carboxylic acids is 3. The molecule has 0 heterocycles. The minimum atomic E-state index is -0.815. The van der Waals surface area contributed by atoms with E-state index in [1.54, 1.807) is 0 Å². The van der Waals surface area contributed by atoms with E-state index >= 15 is 0 Å². The zero-order valence-corrected chi connectivity index (χ0v) is 46.5. The number of unbranched alkanes of at least 4 members (excludes halogenated alkanes) is 26. The van der Waals surface area contributed by atoms with Crippen LogP contribution in [0, 0.1) is 0 Å². The Labute approximate surface area is 438 Å². The van der Waals surface area contributed by atoms with Gasteiger partial charge in [-0.15, -0.1) is 0 Å². The van der Waals surface area contributed by atoms with Crippen LogP contribution < -0.4 is 0 Å². The van der Waals surface area contributed by atoms with Gasteiger partial charge < -0.3 is 14.2 Å². The molecule has 406 valence electrons. The van der Waals surface area contributed by atoms with Crippen LogP contribution in [0.4, 0.5) is 0 Å². The van der Waals surface area contributed by atoms with Crippen LogP contribution in [0.3, 0.4) is 0 Å². The third-order valence-electron chi connectivity index (χ3n) is 12.5. The fourth-order valence-electron chi connectivity index (χ4n) is 8.02.